The van der Waals surface area contributed by atoms with E-state index in [1.807, 2.05) is 24.3 Å². The lowest BCUT2D eigenvalue weighted by Gasteiger charge is -2.21. The van der Waals surface area contributed by atoms with Crippen molar-refractivity contribution in [2.24, 2.45) is 0 Å². The van der Waals surface area contributed by atoms with E-state index in [0.29, 0.717) is 23.8 Å². The molecule has 2 aromatic carbocycles. The van der Waals surface area contributed by atoms with Crippen LogP contribution in [0.3, 0.4) is 0 Å². The smallest absolute Gasteiger partial charge is 0.245 e. The summed E-state index contributed by atoms with van der Waals surface area (Å²) in [7, 11) is 0. The molecule has 8 heteroatoms. The van der Waals surface area contributed by atoms with E-state index in [2.05, 4.69) is 20.8 Å². The summed E-state index contributed by atoms with van der Waals surface area (Å²) in [5.74, 6) is 0.0723. The molecule has 1 amide bonds. The van der Waals surface area contributed by atoms with Gasteiger partial charge in [0, 0.05) is 23.4 Å². The first-order valence-electron chi connectivity index (χ1n) is 9.49. The number of nitrogens with zero attached hydrogens (tertiary/aromatic N) is 4. The van der Waals surface area contributed by atoms with Gasteiger partial charge in [-0.25, -0.2) is 9.07 Å². The minimum Gasteiger partial charge on any atom is -0.353 e. The Hall–Kier alpha value is -2.80. The maximum Gasteiger partial charge on any atom is 0.245 e. The predicted octanol–water partition coefficient (Wildman–Crippen LogP) is 3.41. The van der Waals surface area contributed by atoms with Gasteiger partial charge in [-0.15, -0.1) is 5.10 Å². The van der Waals surface area contributed by atoms with Crippen LogP contribution in [0, 0.1) is 12.7 Å². The lowest BCUT2D eigenvalue weighted by Crippen LogP contribution is -2.39. The minimum atomic E-state index is -0.614. The molecule has 1 atom stereocenters. The Labute approximate surface area is 173 Å². The number of hydrogen-bond donors (Lipinski definition) is 1. The molecule has 1 unspecified atom stereocenters. The summed E-state index contributed by atoms with van der Waals surface area (Å²) >= 11 is 6.00. The number of tetrazole rings is 1. The summed E-state index contributed by atoms with van der Waals surface area (Å²) in [5.41, 5.74) is 1.97. The molecular weight excluding hydrogens is 393 g/mol. The lowest BCUT2D eigenvalue weighted by molar-refractivity contribution is -0.124. The Morgan fingerprint density at radius 3 is 2.48 bits per heavy atom. The van der Waals surface area contributed by atoms with Crippen molar-refractivity contribution in [3.8, 4) is 0 Å². The molecule has 1 saturated carbocycles. The van der Waals surface area contributed by atoms with Crippen LogP contribution in [0.1, 0.15) is 35.8 Å². The van der Waals surface area contributed by atoms with Crippen LogP contribution in [0.25, 0.3) is 0 Å². The minimum absolute atomic E-state index is 0.0453. The second kappa shape index (κ2) is 7.91. The molecule has 0 radical (unpaired) electrons. The SMILES string of the molecule is Cc1nnnn1C(Cc1ccc(F)cc1)C(=O)NCC1(c2ccc(Cl)cc2)CC1. The van der Waals surface area contributed by atoms with E-state index in [9.17, 15) is 9.18 Å². The number of carbonyl (C=O) groups excluding carboxylic acids is 1. The molecule has 29 heavy (non-hydrogen) atoms. The average molecular weight is 414 g/mol. The van der Waals surface area contributed by atoms with Crippen molar-refractivity contribution in [3.05, 3.63) is 76.3 Å². The molecule has 0 spiro atoms. The summed E-state index contributed by atoms with van der Waals surface area (Å²) in [6.07, 6.45) is 2.40. The number of aryl methyl sites for hydroxylation is 1. The Morgan fingerprint density at radius 1 is 1.21 bits per heavy atom. The standard InChI is InChI=1S/C21H21ClFN5O/c1-14-25-26-27-28(14)19(12-15-2-8-18(23)9-3-15)20(29)24-13-21(10-11-21)16-4-6-17(22)7-5-16/h2-9,19H,10-13H2,1H3,(H,24,29). The van der Waals surface area contributed by atoms with E-state index < -0.39 is 6.04 Å². The first kappa shape index (κ1) is 19.5. The highest BCUT2D eigenvalue weighted by atomic mass is 35.5. The zero-order chi connectivity index (χ0) is 20.4. The quantitative estimate of drug-likeness (QED) is 0.644. The molecule has 4 rings (SSSR count). The fourth-order valence-corrected chi connectivity index (χ4v) is 3.68. The largest absolute Gasteiger partial charge is 0.353 e. The number of amides is 1. The first-order chi connectivity index (χ1) is 14.0. The first-order valence-corrected chi connectivity index (χ1v) is 9.87. The molecule has 0 saturated heterocycles. The van der Waals surface area contributed by atoms with Crippen LogP contribution in [-0.4, -0.2) is 32.7 Å². The predicted molar refractivity (Wildman–Crippen MR) is 107 cm³/mol. The van der Waals surface area contributed by atoms with E-state index in [1.54, 1.807) is 19.1 Å². The van der Waals surface area contributed by atoms with Crippen molar-refractivity contribution in [1.29, 1.82) is 0 Å². The monoisotopic (exact) mass is 413 g/mol. The van der Waals surface area contributed by atoms with Gasteiger partial charge in [0.1, 0.15) is 17.7 Å². The van der Waals surface area contributed by atoms with E-state index in [1.165, 1.54) is 22.4 Å². The number of nitrogens with one attached hydrogen (secondary N) is 1. The molecule has 1 aliphatic rings. The molecule has 1 heterocycles. The Morgan fingerprint density at radius 2 is 1.90 bits per heavy atom. The normalized spacial score (nSPS) is 15.7. The van der Waals surface area contributed by atoms with Gasteiger partial charge in [0.2, 0.25) is 5.91 Å². The highest BCUT2D eigenvalue weighted by molar-refractivity contribution is 6.30. The van der Waals surface area contributed by atoms with Crippen molar-refractivity contribution in [2.75, 3.05) is 6.54 Å². The van der Waals surface area contributed by atoms with Crippen LogP contribution in [0.15, 0.2) is 48.5 Å². The highest BCUT2D eigenvalue weighted by Crippen LogP contribution is 2.47. The second-order valence-corrected chi connectivity index (χ2v) is 7.96. The number of halogens is 2. The maximum atomic E-state index is 13.2. The number of carbonyl (C=O) groups is 1. The summed E-state index contributed by atoms with van der Waals surface area (Å²) < 4.78 is 14.8. The number of aromatic nitrogens is 4. The average Bonchev–Trinajstić information content (AvgIpc) is 3.40. The third-order valence-electron chi connectivity index (χ3n) is 5.51. The van der Waals surface area contributed by atoms with Gasteiger partial charge in [-0.1, -0.05) is 35.9 Å². The number of hydrogen-bond acceptors (Lipinski definition) is 4. The van der Waals surface area contributed by atoms with Gasteiger partial charge in [-0.2, -0.15) is 0 Å². The van der Waals surface area contributed by atoms with Gasteiger partial charge < -0.3 is 5.32 Å². The van der Waals surface area contributed by atoms with Crippen LogP contribution in [0.2, 0.25) is 5.02 Å². The van der Waals surface area contributed by atoms with Crippen LogP contribution in [0.5, 0.6) is 0 Å². The summed E-state index contributed by atoms with van der Waals surface area (Å²) in [6, 6.07) is 13.3. The zero-order valence-corrected chi connectivity index (χ0v) is 16.7. The van der Waals surface area contributed by atoms with Crippen molar-refractivity contribution < 1.29 is 9.18 Å². The molecule has 150 valence electrons. The lowest BCUT2D eigenvalue weighted by atomic mass is 9.95. The molecule has 0 bridgehead atoms. The van der Waals surface area contributed by atoms with Crippen LogP contribution in [0.4, 0.5) is 4.39 Å². The highest BCUT2D eigenvalue weighted by Gasteiger charge is 2.44. The summed E-state index contributed by atoms with van der Waals surface area (Å²) in [5, 5.41) is 15.3. The summed E-state index contributed by atoms with van der Waals surface area (Å²) in [6.45, 7) is 2.29. The van der Waals surface area contributed by atoms with Crippen LogP contribution < -0.4 is 5.32 Å². The fraction of sp³-hybridized carbons (Fsp3) is 0.333. The van der Waals surface area contributed by atoms with Crippen LogP contribution >= 0.6 is 11.6 Å². The van der Waals surface area contributed by atoms with Gasteiger partial charge in [0.15, 0.2) is 0 Å². The second-order valence-electron chi connectivity index (χ2n) is 7.52. The van der Waals surface area contributed by atoms with E-state index in [4.69, 9.17) is 11.6 Å². The Kier molecular flexibility index (Phi) is 5.32. The molecular formula is C21H21ClFN5O. The van der Waals surface area contributed by atoms with Crippen LogP contribution in [-0.2, 0) is 16.6 Å². The fourth-order valence-electron chi connectivity index (χ4n) is 3.56. The van der Waals surface area contributed by atoms with Crippen molar-refractivity contribution in [1.82, 2.24) is 25.5 Å². The van der Waals surface area contributed by atoms with Gasteiger partial charge in [0.25, 0.3) is 0 Å². The third-order valence-corrected chi connectivity index (χ3v) is 5.76. The van der Waals surface area contributed by atoms with E-state index in [0.717, 1.165) is 18.4 Å². The zero-order valence-electron chi connectivity index (χ0n) is 16.0. The molecule has 6 nitrogen and oxygen atoms in total. The number of benzene rings is 2. The Balaban J connectivity index is 1.50. The Bertz CT molecular complexity index is 999. The third kappa shape index (κ3) is 4.29. The van der Waals surface area contributed by atoms with E-state index >= 15 is 0 Å². The maximum absolute atomic E-state index is 13.2. The summed E-state index contributed by atoms with van der Waals surface area (Å²) in [4.78, 5) is 13.1. The molecule has 1 N–H and O–H groups in total. The van der Waals surface area contributed by atoms with Gasteiger partial charge >= 0.3 is 0 Å². The van der Waals surface area contributed by atoms with Gasteiger partial charge in [-0.05, 0) is 65.6 Å². The molecule has 1 aliphatic carbocycles. The molecule has 1 aromatic heterocycles. The molecule has 0 aliphatic heterocycles. The van der Waals surface area contributed by atoms with Gasteiger partial charge in [-0.3, -0.25) is 4.79 Å². The van der Waals surface area contributed by atoms with Crippen molar-refractivity contribution in [2.45, 2.75) is 37.6 Å². The van der Waals surface area contributed by atoms with Crippen molar-refractivity contribution in [3.63, 3.8) is 0 Å². The molecule has 1 fully saturated rings. The van der Waals surface area contributed by atoms with Gasteiger partial charge in [0.05, 0.1) is 0 Å². The van der Waals surface area contributed by atoms with E-state index in [-0.39, 0.29) is 17.1 Å². The molecule has 3 aromatic rings. The van der Waals surface area contributed by atoms with Crippen molar-refractivity contribution >= 4 is 17.5 Å². The topological polar surface area (TPSA) is 72.7 Å². The number of rotatable bonds is 7.